The molecule has 2 aromatic heterocycles. The van der Waals surface area contributed by atoms with Crippen molar-refractivity contribution >= 4 is 57.7 Å². The average Bonchev–Trinajstić information content (AvgIpc) is 3.13. The molecule has 0 spiro atoms. The molecule has 0 unspecified atom stereocenters. The quantitative estimate of drug-likeness (QED) is 0.685. The molecule has 7 nitrogen and oxygen atoms in total. The van der Waals surface area contributed by atoms with Crippen LogP contribution in [0.15, 0.2) is 47.6 Å². The van der Waals surface area contributed by atoms with Gasteiger partial charge in [0, 0.05) is 22.5 Å². The minimum atomic E-state index is -0.412. The van der Waals surface area contributed by atoms with Crippen molar-refractivity contribution in [3.63, 3.8) is 0 Å². The molecule has 1 aliphatic heterocycles. The highest BCUT2D eigenvalue weighted by Crippen LogP contribution is 2.27. The van der Waals surface area contributed by atoms with E-state index in [4.69, 9.17) is 11.6 Å². The van der Waals surface area contributed by atoms with Crippen LogP contribution in [0.5, 0.6) is 0 Å². The molecule has 1 aliphatic rings. The van der Waals surface area contributed by atoms with Crippen molar-refractivity contribution in [2.75, 3.05) is 5.32 Å². The standard InChI is InChI=1S/C16H10ClN5O2S/c17-10-1-3-11(4-2-10)19-13-5-6-22-14(20-13)9(8-18-22)7-12-15(23)21-16(24)25-12/h1-8H,(H,19,20)(H,21,23,24)/b12-7+. The third-order valence-corrected chi connectivity index (χ3v) is 4.50. The minimum absolute atomic E-state index is 0.317. The first-order valence-corrected chi connectivity index (χ1v) is 8.40. The lowest BCUT2D eigenvalue weighted by molar-refractivity contribution is -0.115. The van der Waals surface area contributed by atoms with Gasteiger partial charge in [-0.15, -0.1) is 0 Å². The van der Waals surface area contributed by atoms with E-state index < -0.39 is 5.91 Å². The summed E-state index contributed by atoms with van der Waals surface area (Å²) in [7, 11) is 0. The minimum Gasteiger partial charge on any atom is -0.340 e. The van der Waals surface area contributed by atoms with Crippen molar-refractivity contribution in [1.29, 1.82) is 0 Å². The number of halogens is 1. The van der Waals surface area contributed by atoms with E-state index in [-0.39, 0.29) is 5.24 Å². The molecule has 3 heterocycles. The van der Waals surface area contributed by atoms with Crippen LogP contribution in [0.3, 0.4) is 0 Å². The van der Waals surface area contributed by atoms with Crippen LogP contribution in [0.2, 0.25) is 5.02 Å². The number of fused-ring (bicyclic) bond motifs is 1. The number of nitrogens with one attached hydrogen (secondary N) is 2. The lowest BCUT2D eigenvalue weighted by Crippen LogP contribution is -2.17. The Balaban J connectivity index is 1.68. The van der Waals surface area contributed by atoms with Crippen LogP contribution in [-0.2, 0) is 4.79 Å². The molecule has 9 heteroatoms. The van der Waals surface area contributed by atoms with E-state index in [2.05, 4.69) is 20.7 Å². The number of carbonyl (C=O) groups excluding carboxylic acids is 2. The predicted molar refractivity (Wildman–Crippen MR) is 96.8 cm³/mol. The van der Waals surface area contributed by atoms with E-state index in [9.17, 15) is 9.59 Å². The molecule has 0 radical (unpaired) electrons. The van der Waals surface area contributed by atoms with Crippen molar-refractivity contribution in [3.05, 3.63) is 58.2 Å². The Hall–Kier alpha value is -2.84. The molecule has 0 aliphatic carbocycles. The number of hydrogen-bond donors (Lipinski definition) is 2. The zero-order chi connectivity index (χ0) is 17.4. The van der Waals surface area contributed by atoms with Crippen LogP contribution < -0.4 is 10.6 Å². The summed E-state index contributed by atoms with van der Waals surface area (Å²) in [5.74, 6) is 0.208. The SMILES string of the molecule is O=C1NC(=O)/C(=C\c2cnn3ccc(Nc4ccc(Cl)cc4)nc23)S1. The summed E-state index contributed by atoms with van der Waals surface area (Å²) < 4.78 is 1.60. The van der Waals surface area contributed by atoms with Gasteiger partial charge in [-0.25, -0.2) is 9.50 Å². The van der Waals surface area contributed by atoms with Crippen LogP contribution in [0.1, 0.15) is 5.56 Å². The van der Waals surface area contributed by atoms with E-state index >= 15 is 0 Å². The molecule has 1 aromatic carbocycles. The van der Waals surface area contributed by atoms with Gasteiger partial charge in [-0.3, -0.25) is 14.9 Å². The average molecular weight is 372 g/mol. The maximum atomic E-state index is 11.7. The number of nitrogens with zero attached hydrogens (tertiary/aromatic N) is 3. The van der Waals surface area contributed by atoms with E-state index in [0.717, 1.165) is 17.4 Å². The molecule has 1 fully saturated rings. The molecular formula is C16H10ClN5O2S. The van der Waals surface area contributed by atoms with Gasteiger partial charge in [-0.1, -0.05) is 11.6 Å². The second-order valence-electron chi connectivity index (χ2n) is 5.16. The Morgan fingerprint density at radius 1 is 1.20 bits per heavy atom. The first-order chi connectivity index (χ1) is 12.1. The number of hydrogen-bond acceptors (Lipinski definition) is 6. The fourth-order valence-electron chi connectivity index (χ4n) is 2.30. The summed E-state index contributed by atoms with van der Waals surface area (Å²) in [5, 5.41) is 9.87. The van der Waals surface area contributed by atoms with Gasteiger partial charge in [0.05, 0.1) is 11.1 Å². The first-order valence-electron chi connectivity index (χ1n) is 7.20. The molecule has 0 atom stereocenters. The summed E-state index contributed by atoms with van der Waals surface area (Å²) in [6, 6.07) is 9.04. The van der Waals surface area contributed by atoms with E-state index in [0.29, 0.717) is 27.0 Å². The first kappa shape index (κ1) is 15.7. The van der Waals surface area contributed by atoms with Crippen LogP contribution >= 0.6 is 23.4 Å². The predicted octanol–water partition coefficient (Wildman–Crippen LogP) is 3.45. The van der Waals surface area contributed by atoms with Gasteiger partial charge in [0.15, 0.2) is 5.65 Å². The number of anilines is 2. The number of thioether (sulfide) groups is 1. The second kappa shape index (κ2) is 6.23. The number of imide groups is 1. The Morgan fingerprint density at radius 3 is 2.72 bits per heavy atom. The lowest BCUT2D eigenvalue weighted by Gasteiger charge is -2.06. The maximum absolute atomic E-state index is 11.7. The van der Waals surface area contributed by atoms with Crippen LogP contribution in [0.4, 0.5) is 16.3 Å². The molecular weight excluding hydrogens is 362 g/mol. The van der Waals surface area contributed by atoms with Crippen molar-refractivity contribution in [2.24, 2.45) is 0 Å². The van der Waals surface area contributed by atoms with Crippen LogP contribution in [-0.4, -0.2) is 25.7 Å². The Morgan fingerprint density at radius 2 is 2.00 bits per heavy atom. The zero-order valence-corrected chi connectivity index (χ0v) is 14.1. The summed E-state index contributed by atoms with van der Waals surface area (Å²) in [6.45, 7) is 0. The molecule has 1 saturated heterocycles. The summed E-state index contributed by atoms with van der Waals surface area (Å²) >= 11 is 6.74. The topological polar surface area (TPSA) is 88.4 Å². The van der Waals surface area contributed by atoms with E-state index in [1.807, 2.05) is 12.1 Å². The number of benzene rings is 1. The molecule has 3 aromatic rings. The summed E-state index contributed by atoms with van der Waals surface area (Å²) in [5.41, 5.74) is 2.06. The Labute approximate surface area is 151 Å². The fraction of sp³-hybridized carbons (Fsp3) is 0. The maximum Gasteiger partial charge on any atom is 0.290 e. The number of aromatic nitrogens is 3. The third-order valence-electron chi connectivity index (χ3n) is 3.44. The van der Waals surface area contributed by atoms with Gasteiger partial charge in [0.1, 0.15) is 5.82 Å². The lowest BCUT2D eigenvalue weighted by atomic mass is 10.3. The molecule has 124 valence electrons. The smallest absolute Gasteiger partial charge is 0.290 e. The van der Waals surface area contributed by atoms with Crippen molar-refractivity contribution in [3.8, 4) is 0 Å². The Kier molecular flexibility index (Phi) is 3.90. The van der Waals surface area contributed by atoms with Crippen LogP contribution in [0, 0.1) is 0 Å². The van der Waals surface area contributed by atoms with E-state index in [1.54, 1.807) is 41.2 Å². The number of carbonyl (C=O) groups is 2. The monoisotopic (exact) mass is 371 g/mol. The van der Waals surface area contributed by atoms with Crippen molar-refractivity contribution in [1.82, 2.24) is 19.9 Å². The summed E-state index contributed by atoms with van der Waals surface area (Å²) in [4.78, 5) is 27.8. The third kappa shape index (κ3) is 3.21. The Bertz CT molecular complexity index is 1030. The van der Waals surface area contributed by atoms with Gasteiger partial charge in [0.25, 0.3) is 11.1 Å². The van der Waals surface area contributed by atoms with Gasteiger partial charge in [-0.2, -0.15) is 5.10 Å². The highest BCUT2D eigenvalue weighted by atomic mass is 35.5. The van der Waals surface area contributed by atoms with Gasteiger partial charge >= 0.3 is 0 Å². The summed E-state index contributed by atoms with van der Waals surface area (Å²) in [6.07, 6.45) is 4.96. The van der Waals surface area contributed by atoms with Gasteiger partial charge in [-0.05, 0) is 48.2 Å². The van der Waals surface area contributed by atoms with E-state index in [1.165, 1.54) is 0 Å². The molecule has 2 amide bonds. The van der Waals surface area contributed by atoms with Crippen LogP contribution in [0.25, 0.3) is 11.7 Å². The molecule has 0 saturated carbocycles. The molecule has 2 N–H and O–H groups in total. The van der Waals surface area contributed by atoms with Gasteiger partial charge < -0.3 is 5.32 Å². The molecule has 0 bridgehead atoms. The van der Waals surface area contributed by atoms with Gasteiger partial charge in [0.2, 0.25) is 0 Å². The highest BCUT2D eigenvalue weighted by Gasteiger charge is 2.25. The second-order valence-corrected chi connectivity index (χ2v) is 6.62. The fourth-order valence-corrected chi connectivity index (χ4v) is 3.10. The largest absolute Gasteiger partial charge is 0.340 e. The number of amides is 2. The van der Waals surface area contributed by atoms with Crippen molar-refractivity contribution < 1.29 is 9.59 Å². The molecule has 25 heavy (non-hydrogen) atoms. The zero-order valence-electron chi connectivity index (χ0n) is 12.6. The van der Waals surface area contributed by atoms with Crippen molar-refractivity contribution in [2.45, 2.75) is 0 Å². The highest BCUT2D eigenvalue weighted by molar-refractivity contribution is 8.18. The number of rotatable bonds is 3. The normalized spacial score (nSPS) is 15.8. The molecule has 4 rings (SSSR count).